The molecule has 19 heavy (non-hydrogen) atoms. The predicted octanol–water partition coefficient (Wildman–Crippen LogP) is 1.09. The molecule has 1 aromatic carbocycles. The molecule has 0 aliphatic carbocycles. The Labute approximate surface area is 112 Å². The zero-order valence-corrected chi connectivity index (χ0v) is 11.0. The highest BCUT2D eigenvalue weighted by Crippen LogP contribution is 2.45. The summed E-state index contributed by atoms with van der Waals surface area (Å²) < 4.78 is 5.71. The van der Waals surface area contributed by atoms with Crippen LogP contribution in [0.1, 0.15) is 24.0 Å². The van der Waals surface area contributed by atoms with Crippen molar-refractivity contribution in [2.45, 2.75) is 24.8 Å². The normalized spacial score (nSPS) is 25.3. The minimum absolute atomic E-state index is 0.443. The molecule has 5 nitrogen and oxygen atoms in total. The first kappa shape index (κ1) is 12.3. The van der Waals surface area contributed by atoms with Crippen molar-refractivity contribution in [1.82, 2.24) is 0 Å². The van der Waals surface area contributed by atoms with E-state index in [1.807, 2.05) is 19.2 Å². The van der Waals surface area contributed by atoms with Gasteiger partial charge in [-0.05, 0) is 18.4 Å². The molecule has 0 radical (unpaired) electrons. The van der Waals surface area contributed by atoms with Gasteiger partial charge < -0.3 is 20.5 Å². The number of carbonyl (C=O) groups is 1. The topological polar surface area (TPSA) is 75.8 Å². The molecular weight excluding hydrogens is 244 g/mol. The van der Waals surface area contributed by atoms with Crippen molar-refractivity contribution in [3.8, 4) is 5.75 Å². The zero-order chi connectivity index (χ0) is 13.6. The maximum absolute atomic E-state index is 11.6. The molecule has 0 amide bonds. The highest BCUT2D eigenvalue weighted by Gasteiger charge is 2.42. The molecule has 0 aromatic heterocycles. The molecule has 5 heteroatoms. The summed E-state index contributed by atoms with van der Waals surface area (Å²) in [5.74, 6) is -0.153. The highest BCUT2D eigenvalue weighted by atomic mass is 16.5. The Balaban J connectivity index is 2.25. The lowest BCUT2D eigenvalue weighted by molar-refractivity contribution is -0.144. The monoisotopic (exact) mass is 262 g/mol. The van der Waals surface area contributed by atoms with Crippen LogP contribution in [0.15, 0.2) is 12.1 Å². The van der Waals surface area contributed by atoms with Crippen molar-refractivity contribution >= 4 is 11.7 Å². The number of nitrogens with zero attached hydrogens (tertiary/aromatic N) is 1. The number of nitrogens with two attached hydrogens (primary N) is 1. The zero-order valence-electron chi connectivity index (χ0n) is 11.0. The summed E-state index contributed by atoms with van der Waals surface area (Å²) in [4.78, 5) is 13.7. The maximum atomic E-state index is 11.6. The first-order valence-corrected chi connectivity index (χ1v) is 6.56. The molecule has 2 heterocycles. The van der Waals surface area contributed by atoms with Gasteiger partial charge in [0, 0.05) is 25.6 Å². The summed E-state index contributed by atoms with van der Waals surface area (Å²) in [7, 11) is 1.97. The molecule has 2 aliphatic heterocycles. The Kier molecular flexibility index (Phi) is 2.67. The van der Waals surface area contributed by atoms with Gasteiger partial charge in [0.2, 0.25) is 0 Å². The van der Waals surface area contributed by atoms with E-state index in [9.17, 15) is 9.90 Å². The third-order valence-electron chi connectivity index (χ3n) is 4.14. The van der Waals surface area contributed by atoms with Crippen molar-refractivity contribution < 1.29 is 14.6 Å². The average molecular weight is 262 g/mol. The van der Waals surface area contributed by atoms with Gasteiger partial charge in [-0.15, -0.1) is 0 Å². The number of aliphatic carboxylic acids is 1. The minimum Gasteiger partial charge on any atom is -0.491 e. The lowest BCUT2D eigenvalue weighted by atomic mass is 9.85. The molecule has 2 aliphatic rings. The number of carboxylic acid groups (broad SMARTS) is 1. The standard InChI is InChI=1S/C14H18N2O3/c1-16-7-2-6-14(15,13(17)18)10-4-3-9-5-8-19-12(9)11(10)16/h3-4H,2,5-8,15H2,1H3,(H,17,18). The third-order valence-corrected chi connectivity index (χ3v) is 4.14. The van der Waals surface area contributed by atoms with E-state index in [0.717, 1.165) is 36.4 Å². The smallest absolute Gasteiger partial charge is 0.328 e. The van der Waals surface area contributed by atoms with Gasteiger partial charge in [-0.1, -0.05) is 12.1 Å². The van der Waals surface area contributed by atoms with E-state index in [-0.39, 0.29) is 0 Å². The van der Waals surface area contributed by atoms with Gasteiger partial charge in [0.15, 0.2) is 0 Å². The number of hydrogen-bond acceptors (Lipinski definition) is 4. The van der Waals surface area contributed by atoms with Gasteiger partial charge >= 0.3 is 5.97 Å². The number of fused-ring (bicyclic) bond motifs is 3. The number of rotatable bonds is 1. The Morgan fingerprint density at radius 2 is 2.32 bits per heavy atom. The van der Waals surface area contributed by atoms with Crippen LogP contribution in [0.25, 0.3) is 0 Å². The molecule has 0 fully saturated rings. The van der Waals surface area contributed by atoms with Crippen molar-refractivity contribution in [1.29, 1.82) is 0 Å². The van der Waals surface area contributed by atoms with Crippen LogP contribution in [0.2, 0.25) is 0 Å². The van der Waals surface area contributed by atoms with E-state index in [1.54, 1.807) is 0 Å². The fourth-order valence-electron chi connectivity index (χ4n) is 3.04. The second-order valence-corrected chi connectivity index (χ2v) is 5.35. The van der Waals surface area contributed by atoms with Gasteiger partial charge in [0.25, 0.3) is 0 Å². The number of carboxylic acids is 1. The fraction of sp³-hybridized carbons (Fsp3) is 0.500. The van der Waals surface area contributed by atoms with E-state index in [0.29, 0.717) is 18.6 Å². The van der Waals surface area contributed by atoms with Gasteiger partial charge in [0.1, 0.15) is 11.3 Å². The molecule has 3 N–H and O–H groups in total. The lowest BCUT2D eigenvalue weighted by Crippen LogP contribution is -2.44. The first-order valence-electron chi connectivity index (χ1n) is 6.56. The van der Waals surface area contributed by atoms with E-state index < -0.39 is 11.5 Å². The Morgan fingerprint density at radius 1 is 1.53 bits per heavy atom. The van der Waals surface area contributed by atoms with Crippen molar-refractivity contribution in [3.05, 3.63) is 23.3 Å². The highest BCUT2D eigenvalue weighted by molar-refractivity contribution is 5.85. The van der Waals surface area contributed by atoms with Crippen LogP contribution in [0.4, 0.5) is 5.69 Å². The summed E-state index contributed by atoms with van der Waals surface area (Å²) in [5.41, 5.74) is 7.53. The van der Waals surface area contributed by atoms with Gasteiger partial charge in [-0.3, -0.25) is 0 Å². The van der Waals surface area contributed by atoms with E-state index in [4.69, 9.17) is 10.5 Å². The molecule has 0 spiro atoms. The summed E-state index contributed by atoms with van der Waals surface area (Å²) in [6, 6.07) is 3.81. The largest absolute Gasteiger partial charge is 0.491 e. The molecule has 1 atom stereocenters. The number of benzene rings is 1. The van der Waals surface area contributed by atoms with Crippen molar-refractivity contribution in [3.63, 3.8) is 0 Å². The van der Waals surface area contributed by atoms with Crippen LogP contribution < -0.4 is 15.4 Å². The van der Waals surface area contributed by atoms with Gasteiger partial charge in [-0.25, -0.2) is 4.79 Å². The molecule has 102 valence electrons. The van der Waals surface area contributed by atoms with Crippen LogP contribution in [0.5, 0.6) is 5.75 Å². The van der Waals surface area contributed by atoms with E-state index in [1.165, 1.54) is 0 Å². The van der Waals surface area contributed by atoms with Gasteiger partial charge in [-0.2, -0.15) is 0 Å². The first-order chi connectivity index (χ1) is 9.04. The quantitative estimate of drug-likeness (QED) is 0.792. The number of anilines is 1. The summed E-state index contributed by atoms with van der Waals surface area (Å²) >= 11 is 0. The second kappa shape index (κ2) is 4.13. The molecule has 0 saturated carbocycles. The van der Waals surface area contributed by atoms with Crippen LogP contribution in [-0.4, -0.2) is 31.3 Å². The molecule has 0 bridgehead atoms. The second-order valence-electron chi connectivity index (χ2n) is 5.35. The van der Waals surface area contributed by atoms with Crippen LogP contribution in [-0.2, 0) is 16.8 Å². The summed E-state index contributed by atoms with van der Waals surface area (Å²) in [6.07, 6.45) is 2.07. The number of ether oxygens (including phenoxy) is 1. The predicted molar refractivity (Wildman–Crippen MR) is 71.6 cm³/mol. The van der Waals surface area contributed by atoms with E-state index in [2.05, 4.69) is 4.90 Å². The van der Waals surface area contributed by atoms with Crippen molar-refractivity contribution in [2.75, 3.05) is 25.1 Å². The molecule has 1 aromatic rings. The number of hydrogen-bond donors (Lipinski definition) is 2. The third kappa shape index (κ3) is 1.69. The minimum atomic E-state index is -1.32. The Bertz CT molecular complexity index is 544. The molecule has 0 saturated heterocycles. The van der Waals surface area contributed by atoms with Crippen LogP contribution in [0.3, 0.4) is 0 Å². The van der Waals surface area contributed by atoms with E-state index >= 15 is 0 Å². The van der Waals surface area contributed by atoms with Crippen LogP contribution in [0, 0.1) is 0 Å². The molecule has 1 unspecified atom stereocenters. The summed E-state index contributed by atoms with van der Waals surface area (Å²) in [6.45, 7) is 1.45. The summed E-state index contributed by atoms with van der Waals surface area (Å²) in [5, 5.41) is 9.52. The Morgan fingerprint density at radius 3 is 3.05 bits per heavy atom. The van der Waals surface area contributed by atoms with Gasteiger partial charge in [0.05, 0.1) is 12.3 Å². The average Bonchev–Trinajstić information content (AvgIpc) is 2.80. The maximum Gasteiger partial charge on any atom is 0.328 e. The molecular formula is C14H18N2O3. The molecule has 3 rings (SSSR count). The Hall–Kier alpha value is -1.75. The van der Waals surface area contributed by atoms with Crippen LogP contribution >= 0.6 is 0 Å². The van der Waals surface area contributed by atoms with Crippen molar-refractivity contribution in [2.24, 2.45) is 5.73 Å². The SMILES string of the molecule is CN1CCCC(N)(C(=O)O)c2ccc3c(c21)OCC3. The lowest BCUT2D eigenvalue weighted by Gasteiger charge is -2.27. The fourth-order valence-corrected chi connectivity index (χ4v) is 3.04.